The first-order valence-corrected chi connectivity index (χ1v) is 1.97. The summed E-state index contributed by atoms with van der Waals surface area (Å²) in [6, 6.07) is 0. The summed E-state index contributed by atoms with van der Waals surface area (Å²) in [6.45, 7) is 0. The Hall–Kier alpha value is -0.490. The van der Waals surface area contributed by atoms with Gasteiger partial charge in [0.05, 0.1) is 4.94 Å². The Balaban J connectivity index is 3.58. The summed E-state index contributed by atoms with van der Waals surface area (Å²) < 4.78 is 0. The molecule has 0 bridgehead atoms. The zero-order valence-corrected chi connectivity index (χ0v) is 3.93. The summed E-state index contributed by atoms with van der Waals surface area (Å²) in [7, 11) is 2.99. The van der Waals surface area contributed by atoms with E-state index in [4.69, 9.17) is 0 Å². The van der Waals surface area contributed by atoms with Gasteiger partial charge in [0, 0.05) is 6.20 Å². The highest BCUT2D eigenvalue weighted by Gasteiger charge is 1.85. The van der Waals surface area contributed by atoms with Crippen molar-refractivity contribution in [3.63, 3.8) is 0 Å². The molecular formula is C3H2NOP. The van der Waals surface area contributed by atoms with Crippen LogP contribution in [0.1, 0.15) is 0 Å². The molecular weight excluding hydrogens is 97.0 g/mol. The van der Waals surface area contributed by atoms with Gasteiger partial charge >= 0.3 is 0 Å². The van der Waals surface area contributed by atoms with Crippen LogP contribution in [0.25, 0.3) is 0 Å². The summed E-state index contributed by atoms with van der Waals surface area (Å²) >= 11 is 0. The molecule has 0 saturated heterocycles. The lowest BCUT2D eigenvalue weighted by Crippen LogP contribution is -2.08. The molecule has 0 aliphatic heterocycles. The Bertz CT molecular complexity index is 186. The van der Waals surface area contributed by atoms with E-state index in [1.165, 1.54) is 6.20 Å². The first-order chi connectivity index (χ1) is 2.80. The lowest BCUT2D eigenvalue weighted by Gasteiger charge is -1.75. The van der Waals surface area contributed by atoms with E-state index < -0.39 is 0 Å². The van der Waals surface area contributed by atoms with E-state index in [-0.39, 0.29) is 5.56 Å². The predicted molar refractivity (Wildman–Crippen MR) is 24.4 cm³/mol. The summed E-state index contributed by atoms with van der Waals surface area (Å²) in [5.74, 6) is 0. The topological polar surface area (TPSA) is 30.0 Å². The molecule has 0 amide bonds. The molecule has 0 saturated carbocycles. The molecule has 1 rings (SSSR count). The molecule has 0 atom stereocenters. The van der Waals surface area contributed by atoms with Crippen molar-refractivity contribution in [2.24, 2.45) is 0 Å². The van der Waals surface area contributed by atoms with Gasteiger partial charge in [0.15, 0.2) is 0 Å². The maximum absolute atomic E-state index is 9.95. The first-order valence-electron chi connectivity index (χ1n) is 1.47. The van der Waals surface area contributed by atoms with E-state index in [2.05, 4.69) is 13.8 Å². The Morgan fingerprint density at radius 2 is 2.33 bits per heavy atom. The highest BCUT2D eigenvalue weighted by molar-refractivity contribution is 7.07. The Kier molecular flexibility index (Phi) is 0.606. The van der Waals surface area contributed by atoms with E-state index in [0.29, 0.717) is 4.94 Å². The second kappa shape index (κ2) is 0.985. The molecule has 0 aliphatic rings. The van der Waals surface area contributed by atoms with Crippen molar-refractivity contribution in [2.45, 2.75) is 0 Å². The van der Waals surface area contributed by atoms with Crippen molar-refractivity contribution in [1.29, 1.82) is 0 Å². The van der Waals surface area contributed by atoms with Crippen LogP contribution in [0.15, 0.2) is 11.0 Å². The van der Waals surface area contributed by atoms with Gasteiger partial charge in [-0.2, -0.15) is 0 Å². The number of rotatable bonds is 0. The number of hydrogen-bond donors (Lipinski definition) is 0. The van der Waals surface area contributed by atoms with Gasteiger partial charge in [-0.05, 0) is 0 Å². The van der Waals surface area contributed by atoms with Crippen LogP contribution in [-0.2, 0) is 0 Å². The third kappa shape index (κ3) is 0.305. The highest BCUT2D eigenvalue weighted by Crippen LogP contribution is 1.75. The molecule has 1 heterocycles. The van der Waals surface area contributed by atoms with Crippen molar-refractivity contribution < 1.29 is 0 Å². The molecule has 0 fully saturated rings. The van der Waals surface area contributed by atoms with Crippen molar-refractivity contribution in [2.75, 3.05) is 0 Å². The van der Waals surface area contributed by atoms with Gasteiger partial charge in [-0.15, -0.1) is 8.86 Å². The Morgan fingerprint density at radius 1 is 1.83 bits per heavy atom. The molecule has 0 radical (unpaired) electrons. The normalized spacial score (nSPS) is 9.33. The van der Waals surface area contributed by atoms with Gasteiger partial charge in [0.2, 0.25) is 0 Å². The minimum Gasteiger partial charge on any atom is -0.266 e. The Labute approximate surface area is 36.4 Å². The SMILES string of the molecule is O=c1ncc1=P. The predicted octanol–water partition coefficient (Wildman–Crippen LogP) is -0.00781. The minimum atomic E-state index is -0.160. The van der Waals surface area contributed by atoms with E-state index in [0.717, 1.165) is 0 Å². The summed E-state index contributed by atoms with van der Waals surface area (Å²) in [5.41, 5.74) is -0.160. The standard InChI is InChI=1S/C3H2NOP/c5-3-2(6)1-4-3/h1,6H. The van der Waals surface area contributed by atoms with Crippen LogP contribution >= 0.6 is 8.86 Å². The highest BCUT2D eigenvalue weighted by atomic mass is 31.0. The van der Waals surface area contributed by atoms with Crippen LogP contribution in [0.5, 0.6) is 0 Å². The molecule has 0 unspecified atom stereocenters. The summed E-state index contributed by atoms with van der Waals surface area (Å²) in [4.78, 5) is 13.8. The van der Waals surface area contributed by atoms with Crippen molar-refractivity contribution in [3.05, 3.63) is 21.5 Å². The molecule has 0 spiro atoms. The van der Waals surface area contributed by atoms with Gasteiger partial charge < -0.3 is 0 Å². The zero-order chi connectivity index (χ0) is 4.57. The molecule has 0 aromatic carbocycles. The van der Waals surface area contributed by atoms with Gasteiger partial charge in [-0.1, -0.05) is 0 Å². The smallest absolute Gasteiger partial charge is 0.266 e. The summed E-state index contributed by atoms with van der Waals surface area (Å²) in [6.07, 6.45) is 1.47. The van der Waals surface area contributed by atoms with Crippen LogP contribution < -0.4 is 5.56 Å². The number of aromatic nitrogens is 1. The van der Waals surface area contributed by atoms with Gasteiger partial charge in [0.1, 0.15) is 0 Å². The van der Waals surface area contributed by atoms with Crippen LogP contribution in [0.3, 0.4) is 0 Å². The third-order valence-corrected chi connectivity index (χ3v) is 0.884. The average molecular weight is 99.0 g/mol. The summed E-state index contributed by atoms with van der Waals surface area (Å²) in [5, 5.41) is 0. The lowest BCUT2D eigenvalue weighted by atomic mass is 10.6. The second-order valence-corrected chi connectivity index (χ2v) is 1.52. The van der Waals surface area contributed by atoms with Crippen LogP contribution in [0.2, 0.25) is 0 Å². The fourth-order valence-electron chi connectivity index (χ4n) is 0.182. The maximum atomic E-state index is 9.95. The molecule has 1 aromatic heterocycles. The number of hydrogen-bond acceptors (Lipinski definition) is 2. The molecule has 6 heavy (non-hydrogen) atoms. The van der Waals surface area contributed by atoms with Crippen molar-refractivity contribution >= 4 is 8.86 Å². The van der Waals surface area contributed by atoms with Crippen molar-refractivity contribution in [3.8, 4) is 0 Å². The molecule has 1 aromatic rings. The zero-order valence-electron chi connectivity index (χ0n) is 2.93. The second-order valence-electron chi connectivity index (χ2n) is 0.977. The monoisotopic (exact) mass is 99.0 g/mol. The van der Waals surface area contributed by atoms with E-state index >= 15 is 0 Å². The van der Waals surface area contributed by atoms with Crippen molar-refractivity contribution in [1.82, 2.24) is 4.98 Å². The minimum absolute atomic E-state index is 0.160. The van der Waals surface area contributed by atoms with Crippen LogP contribution in [-0.4, -0.2) is 4.98 Å². The van der Waals surface area contributed by atoms with Gasteiger partial charge in [-0.3, -0.25) is 4.79 Å². The fourth-order valence-corrected chi connectivity index (χ4v) is 0.311. The van der Waals surface area contributed by atoms with E-state index in [1.54, 1.807) is 0 Å². The largest absolute Gasteiger partial charge is 0.282 e. The van der Waals surface area contributed by atoms with E-state index in [1.807, 2.05) is 0 Å². The van der Waals surface area contributed by atoms with Gasteiger partial charge in [-0.25, -0.2) is 4.98 Å². The maximum Gasteiger partial charge on any atom is 0.282 e. The molecule has 3 heteroatoms. The molecule has 2 nitrogen and oxygen atoms in total. The molecule has 30 valence electrons. The Morgan fingerprint density at radius 3 is 2.33 bits per heavy atom. The quantitative estimate of drug-likeness (QED) is 0.428. The first kappa shape index (κ1) is 3.69. The third-order valence-electron chi connectivity index (χ3n) is 0.541. The van der Waals surface area contributed by atoms with Crippen LogP contribution in [0.4, 0.5) is 0 Å². The average Bonchev–Trinajstić information content (AvgIpc) is 1.61. The number of nitrogens with zero attached hydrogens (tertiary/aromatic N) is 1. The van der Waals surface area contributed by atoms with E-state index in [9.17, 15) is 4.79 Å². The fraction of sp³-hybridized carbons (Fsp3) is 0. The van der Waals surface area contributed by atoms with Crippen LogP contribution in [0, 0.1) is 4.94 Å². The molecule has 0 aliphatic carbocycles. The lowest BCUT2D eigenvalue weighted by molar-refractivity contribution is 1.15. The van der Waals surface area contributed by atoms with Gasteiger partial charge in [0.25, 0.3) is 5.56 Å². The molecule has 0 N–H and O–H groups in total.